The maximum atomic E-state index is 13.4. The minimum Gasteiger partial charge on any atom is -0.396 e. The normalized spacial score (nSPS) is 11.6. The number of rotatable bonds is 5. The molecule has 3 nitrogen and oxygen atoms in total. The molecule has 0 unspecified atom stereocenters. The largest absolute Gasteiger partial charge is 0.396 e. The van der Waals surface area contributed by atoms with Crippen LogP contribution >= 0.6 is 11.6 Å². The number of aliphatic hydroxyl groups excluding tert-OH is 2. The summed E-state index contributed by atoms with van der Waals surface area (Å²) in [5.41, 5.74) is -0.371. The summed E-state index contributed by atoms with van der Waals surface area (Å²) in [6.45, 7) is 1.63. The molecule has 0 heterocycles. The Morgan fingerprint density at radius 3 is 2.50 bits per heavy atom. The Balaban J connectivity index is 2.67. The van der Waals surface area contributed by atoms with Gasteiger partial charge in [0.2, 0.25) is 0 Å². The number of anilines is 1. The van der Waals surface area contributed by atoms with Crippen LogP contribution in [0.2, 0.25) is 5.02 Å². The van der Waals surface area contributed by atoms with E-state index in [1.54, 1.807) is 13.0 Å². The van der Waals surface area contributed by atoms with Crippen LogP contribution in [0.5, 0.6) is 0 Å². The Morgan fingerprint density at radius 2 is 2.00 bits per heavy atom. The average molecular weight is 248 g/mol. The molecule has 0 saturated carbocycles. The molecule has 0 atom stereocenters. The van der Waals surface area contributed by atoms with E-state index in [2.05, 4.69) is 5.32 Å². The highest BCUT2D eigenvalue weighted by molar-refractivity contribution is 6.30. The first kappa shape index (κ1) is 13.2. The second-order valence-electron chi connectivity index (χ2n) is 4.10. The fraction of sp³-hybridized carbons (Fsp3) is 0.455. The third-order valence-electron chi connectivity index (χ3n) is 2.40. The van der Waals surface area contributed by atoms with Crippen molar-refractivity contribution in [1.82, 2.24) is 0 Å². The van der Waals surface area contributed by atoms with Crippen LogP contribution in [0.1, 0.15) is 6.92 Å². The van der Waals surface area contributed by atoms with E-state index >= 15 is 0 Å². The van der Waals surface area contributed by atoms with Gasteiger partial charge in [-0.2, -0.15) is 0 Å². The molecule has 0 radical (unpaired) electrons. The van der Waals surface area contributed by atoms with Gasteiger partial charge < -0.3 is 15.5 Å². The zero-order valence-corrected chi connectivity index (χ0v) is 9.76. The summed E-state index contributed by atoms with van der Waals surface area (Å²) in [7, 11) is 0. The summed E-state index contributed by atoms with van der Waals surface area (Å²) in [5.74, 6) is -0.453. The molecule has 16 heavy (non-hydrogen) atoms. The molecule has 5 heteroatoms. The summed E-state index contributed by atoms with van der Waals surface area (Å²) in [6, 6.07) is 4.30. The van der Waals surface area contributed by atoms with Gasteiger partial charge >= 0.3 is 0 Å². The lowest BCUT2D eigenvalue weighted by Crippen LogP contribution is -2.34. The maximum Gasteiger partial charge on any atom is 0.147 e. The minimum atomic E-state index is -0.675. The Bertz CT molecular complexity index is 356. The van der Waals surface area contributed by atoms with Crippen molar-refractivity contribution in [3.8, 4) is 0 Å². The second-order valence-corrected chi connectivity index (χ2v) is 4.54. The molecular formula is C11H15ClFNO2. The fourth-order valence-corrected chi connectivity index (χ4v) is 1.26. The maximum absolute atomic E-state index is 13.4. The van der Waals surface area contributed by atoms with Crippen LogP contribution in [-0.4, -0.2) is 30.0 Å². The number of benzene rings is 1. The summed E-state index contributed by atoms with van der Waals surface area (Å²) in [5, 5.41) is 21.3. The Kier molecular flexibility index (Phi) is 4.53. The van der Waals surface area contributed by atoms with Crippen LogP contribution in [0.3, 0.4) is 0 Å². The first-order chi connectivity index (χ1) is 7.50. The van der Waals surface area contributed by atoms with Gasteiger partial charge in [-0.1, -0.05) is 18.5 Å². The quantitative estimate of drug-likeness (QED) is 0.745. The highest BCUT2D eigenvalue weighted by atomic mass is 35.5. The van der Waals surface area contributed by atoms with Crippen molar-refractivity contribution in [3.63, 3.8) is 0 Å². The smallest absolute Gasteiger partial charge is 0.147 e. The van der Waals surface area contributed by atoms with Crippen molar-refractivity contribution in [1.29, 1.82) is 0 Å². The summed E-state index contributed by atoms with van der Waals surface area (Å²) >= 11 is 5.61. The number of nitrogens with one attached hydrogen (secondary N) is 1. The zero-order chi connectivity index (χ0) is 12.2. The molecule has 1 aromatic carbocycles. The lowest BCUT2D eigenvalue weighted by atomic mass is 9.93. The lowest BCUT2D eigenvalue weighted by Gasteiger charge is -2.25. The molecule has 90 valence electrons. The van der Waals surface area contributed by atoms with Gasteiger partial charge in [0.05, 0.1) is 18.9 Å². The molecule has 0 aliphatic rings. The van der Waals surface area contributed by atoms with E-state index < -0.39 is 11.2 Å². The zero-order valence-electron chi connectivity index (χ0n) is 9.00. The van der Waals surface area contributed by atoms with Crippen molar-refractivity contribution in [3.05, 3.63) is 29.0 Å². The van der Waals surface area contributed by atoms with E-state index in [1.807, 2.05) is 0 Å². The molecule has 0 spiro atoms. The van der Waals surface area contributed by atoms with E-state index in [1.165, 1.54) is 12.1 Å². The molecule has 0 saturated heterocycles. The van der Waals surface area contributed by atoms with Crippen LogP contribution in [-0.2, 0) is 0 Å². The number of hydrogen-bond acceptors (Lipinski definition) is 3. The second kappa shape index (κ2) is 5.48. The van der Waals surface area contributed by atoms with E-state index in [0.717, 1.165) is 0 Å². The molecule has 1 rings (SSSR count). The van der Waals surface area contributed by atoms with Crippen LogP contribution in [0, 0.1) is 11.2 Å². The summed E-state index contributed by atoms with van der Waals surface area (Å²) < 4.78 is 13.4. The van der Waals surface area contributed by atoms with Crippen LogP contribution in [0.15, 0.2) is 18.2 Å². The van der Waals surface area contributed by atoms with Gasteiger partial charge in [-0.15, -0.1) is 0 Å². The fourth-order valence-electron chi connectivity index (χ4n) is 1.10. The van der Waals surface area contributed by atoms with E-state index in [4.69, 9.17) is 21.8 Å². The SMILES string of the molecule is CC(CO)(CO)CNc1ccc(Cl)cc1F. The Morgan fingerprint density at radius 1 is 1.38 bits per heavy atom. The van der Waals surface area contributed by atoms with Gasteiger partial charge in [0.25, 0.3) is 0 Å². The third-order valence-corrected chi connectivity index (χ3v) is 2.64. The lowest BCUT2D eigenvalue weighted by molar-refractivity contribution is 0.0806. The molecule has 0 bridgehead atoms. The molecule has 1 aromatic rings. The standard InChI is InChI=1S/C11H15ClFNO2/c1-11(6-15,7-16)5-14-10-3-2-8(12)4-9(10)13/h2-4,14-16H,5-7H2,1H3. The van der Waals surface area contributed by atoms with Crippen molar-refractivity contribution in [2.45, 2.75) is 6.92 Å². The monoisotopic (exact) mass is 247 g/mol. The topological polar surface area (TPSA) is 52.5 Å². The number of halogens is 2. The van der Waals surface area contributed by atoms with Crippen LogP contribution < -0.4 is 5.32 Å². The minimum absolute atomic E-state index is 0.175. The molecule has 0 amide bonds. The highest BCUT2D eigenvalue weighted by Gasteiger charge is 2.22. The first-order valence-electron chi connectivity index (χ1n) is 4.91. The van der Waals surface area contributed by atoms with Gasteiger partial charge in [0, 0.05) is 17.0 Å². The number of aliphatic hydroxyl groups is 2. The molecule has 0 aliphatic heterocycles. The van der Waals surface area contributed by atoms with Gasteiger partial charge in [0.15, 0.2) is 0 Å². The van der Waals surface area contributed by atoms with E-state index in [0.29, 0.717) is 10.7 Å². The van der Waals surface area contributed by atoms with Crippen molar-refractivity contribution < 1.29 is 14.6 Å². The predicted octanol–water partition coefficient (Wildman–Crippen LogP) is 1.88. The molecule has 0 aliphatic carbocycles. The van der Waals surface area contributed by atoms with E-state index in [-0.39, 0.29) is 19.8 Å². The highest BCUT2D eigenvalue weighted by Crippen LogP contribution is 2.21. The van der Waals surface area contributed by atoms with Crippen LogP contribution in [0.4, 0.5) is 10.1 Å². The van der Waals surface area contributed by atoms with Crippen LogP contribution in [0.25, 0.3) is 0 Å². The Hall–Kier alpha value is -0.840. The first-order valence-corrected chi connectivity index (χ1v) is 5.29. The van der Waals surface area contributed by atoms with Crippen molar-refractivity contribution in [2.24, 2.45) is 5.41 Å². The third kappa shape index (κ3) is 3.33. The molecular weight excluding hydrogens is 233 g/mol. The average Bonchev–Trinajstić information content (AvgIpc) is 2.27. The summed E-state index contributed by atoms with van der Waals surface area (Å²) in [4.78, 5) is 0. The van der Waals surface area contributed by atoms with Gasteiger partial charge in [-0.05, 0) is 18.2 Å². The Labute approximate surface area is 98.9 Å². The molecule has 0 fully saturated rings. The van der Waals surface area contributed by atoms with E-state index in [9.17, 15) is 4.39 Å². The van der Waals surface area contributed by atoms with Gasteiger partial charge in [0.1, 0.15) is 5.82 Å². The molecule has 0 aromatic heterocycles. The van der Waals surface area contributed by atoms with Crippen molar-refractivity contribution >= 4 is 17.3 Å². The predicted molar refractivity (Wildman–Crippen MR) is 62.2 cm³/mol. The number of hydrogen-bond donors (Lipinski definition) is 3. The summed E-state index contributed by atoms with van der Waals surface area (Å²) in [6.07, 6.45) is 0. The van der Waals surface area contributed by atoms with Gasteiger partial charge in [-0.25, -0.2) is 4.39 Å². The van der Waals surface area contributed by atoms with Crippen molar-refractivity contribution in [2.75, 3.05) is 25.1 Å². The van der Waals surface area contributed by atoms with Gasteiger partial charge in [-0.3, -0.25) is 0 Å². The molecule has 3 N–H and O–H groups in total.